The lowest BCUT2D eigenvalue weighted by Gasteiger charge is -2.30. The molecule has 0 bridgehead atoms. The summed E-state index contributed by atoms with van der Waals surface area (Å²) in [6.07, 6.45) is 5.43. The van der Waals surface area contributed by atoms with E-state index in [0.717, 1.165) is 50.3 Å². The van der Waals surface area contributed by atoms with Crippen LogP contribution in [0.15, 0.2) is 30.3 Å². The maximum Gasteiger partial charge on any atom is 0.229 e. The van der Waals surface area contributed by atoms with Crippen molar-refractivity contribution in [1.82, 2.24) is 0 Å². The summed E-state index contributed by atoms with van der Waals surface area (Å²) in [6, 6.07) is 9.88. The summed E-state index contributed by atoms with van der Waals surface area (Å²) in [5.41, 5.74) is 6.59. The molecule has 2 rings (SSSR count). The number of benzene rings is 1. The Bertz CT molecular complexity index is 396. The molecule has 0 aliphatic heterocycles. The molecule has 3 heteroatoms. The summed E-state index contributed by atoms with van der Waals surface area (Å²) in [5.74, 6) is 1.19. The van der Waals surface area contributed by atoms with Crippen LogP contribution in [-0.2, 0) is 4.79 Å². The van der Waals surface area contributed by atoms with Gasteiger partial charge >= 0.3 is 0 Å². The Labute approximate surface area is 115 Å². The average Bonchev–Trinajstić information content (AvgIpc) is 2.48. The number of nitrogens with two attached hydrogens (primary N) is 1. The molecule has 1 aromatic carbocycles. The molecule has 0 radical (unpaired) electrons. The second kappa shape index (κ2) is 6.71. The number of para-hydroxylation sites is 1. The molecule has 1 fully saturated rings. The summed E-state index contributed by atoms with van der Waals surface area (Å²) in [6.45, 7) is 0.771. The number of rotatable bonds is 4. The molecular formula is C16H24N2O. The number of amides is 1. The van der Waals surface area contributed by atoms with E-state index in [0.29, 0.717) is 0 Å². The van der Waals surface area contributed by atoms with Gasteiger partial charge in [-0.05, 0) is 56.7 Å². The smallest absolute Gasteiger partial charge is 0.229 e. The maximum absolute atomic E-state index is 12.5. The maximum atomic E-state index is 12.5. The van der Waals surface area contributed by atoms with Gasteiger partial charge in [0, 0.05) is 18.7 Å². The highest BCUT2D eigenvalue weighted by molar-refractivity contribution is 5.94. The molecule has 2 N–H and O–H groups in total. The van der Waals surface area contributed by atoms with Crippen molar-refractivity contribution in [3.63, 3.8) is 0 Å². The second-order valence-electron chi connectivity index (χ2n) is 5.53. The molecule has 104 valence electrons. The van der Waals surface area contributed by atoms with Gasteiger partial charge in [0.15, 0.2) is 0 Å². The molecule has 1 aliphatic carbocycles. The lowest BCUT2D eigenvalue weighted by Crippen LogP contribution is -2.35. The molecule has 0 aromatic heterocycles. The normalized spacial score (nSPS) is 23.1. The fraction of sp³-hybridized carbons (Fsp3) is 0.562. The van der Waals surface area contributed by atoms with Crippen LogP contribution < -0.4 is 10.6 Å². The molecule has 1 saturated carbocycles. The van der Waals surface area contributed by atoms with Crippen molar-refractivity contribution < 1.29 is 4.79 Å². The standard InChI is InChI=1S/C16H24N2O/c1-18(15-5-3-2-4-6-15)16(19)14-9-7-13(8-10-14)11-12-17/h2-6,13-14H,7-12,17H2,1H3. The number of hydrogen-bond donors (Lipinski definition) is 1. The molecule has 0 saturated heterocycles. The Morgan fingerprint density at radius 2 is 1.84 bits per heavy atom. The molecule has 19 heavy (non-hydrogen) atoms. The summed E-state index contributed by atoms with van der Waals surface area (Å²) in [7, 11) is 1.88. The number of nitrogens with zero attached hydrogens (tertiary/aromatic N) is 1. The average molecular weight is 260 g/mol. The van der Waals surface area contributed by atoms with Gasteiger partial charge in [-0.25, -0.2) is 0 Å². The van der Waals surface area contributed by atoms with Crippen LogP contribution in [0, 0.1) is 11.8 Å². The van der Waals surface area contributed by atoms with Gasteiger partial charge in [-0.3, -0.25) is 4.79 Å². The molecule has 3 nitrogen and oxygen atoms in total. The number of carbonyl (C=O) groups excluding carboxylic acids is 1. The van der Waals surface area contributed by atoms with Crippen LogP contribution in [0.5, 0.6) is 0 Å². The Morgan fingerprint density at radius 1 is 1.21 bits per heavy atom. The summed E-state index contributed by atoms with van der Waals surface area (Å²) >= 11 is 0. The van der Waals surface area contributed by atoms with Crippen LogP contribution in [0.1, 0.15) is 32.1 Å². The SMILES string of the molecule is CN(C(=O)C1CCC(CCN)CC1)c1ccccc1. The summed E-state index contributed by atoms with van der Waals surface area (Å²) < 4.78 is 0. The highest BCUT2D eigenvalue weighted by atomic mass is 16.2. The highest BCUT2D eigenvalue weighted by Gasteiger charge is 2.28. The van der Waals surface area contributed by atoms with E-state index < -0.39 is 0 Å². The van der Waals surface area contributed by atoms with Crippen LogP contribution in [0.3, 0.4) is 0 Å². The highest BCUT2D eigenvalue weighted by Crippen LogP contribution is 2.32. The van der Waals surface area contributed by atoms with Gasteiger partial charge in [-0.1, -0.05) is 18.2 Å². The van der Waals surface area contributed by atoms with E-state index in [1.54, 1.807) is 4.90 Å². The molecule has 0 unspecified atom stereocenters. The van der Waals surface area contributed by atoms with Gasteiger partial charge in [0.05, 0.1) is 0 Å². The van der Waals surface area contributed by atoms with E-state index in [4.69, 9.17) is 5.73 Å². The first-order chi connectivity index (χ1) is 9.22. The Hall–Kier alpha value is -1.35. The first-order valence-electron chi connectivity index (χ1n) is 7.25. The monoisotopic (exact) mass is 260 g/mol. The Kier molecular flexibility index (Phi) is 4.97. The lowest BCUT2D eigenvalue weighted by molar-refractivity contribution is -0.123. The zero-order valence-corrected chi connectivity index (χ0v) is 11.7. The van der Waals surface area contributed by atoms with Crippen LogP contribution in [0.25, 0.3) is 0 Å². The molecular weight excluding hydrogens is 236 g/mol. The van der Waals surface area contributed by atoms with E-state index in [1.807, 2.05) is 37.4 Å². The van der Waals surface area contributed by atoms with Crippen LogP contribution in [0.2, 0.25) is 0 Å². The van der Waals surface area contributed by atoms with E-state index in [-0.39, 0.29) is 11.8 Å². The molecule has 1 aliphatic rings. The van der Waals surface area contributed by atoms with E-state index in [1.165, 1.54) is 0 Å². The van der Waals surface area contributed by atoms with Crippen molar-refractivity contribution in [3.8, 4) is 0 Å². The van der Waals surface area contributed by atoms with Gasteiger partial charge < -0.3 is 10.6 Å². The van der Waals surface area contributed by atoms with Crippen LogP contribution >= 0.6 is 0 Å². The predicted molar refractivity (Wildman–Crippen MR) is 79.0 cm³/mol. The lowest BCUT2D eigenvalue weighted by atomic mass is 9.80. The van der Waals surface area contributed by atoms with Crippen molar-refractivity contribution in [1.29, 1.82) is 0 Å². The van der Waals surface area contributed by atoms with Crippen LogP contribution in [-0.4, -0.2) is 19.5 Å². The minimum Gasteiger partial charge on any atom is -0.330 e. The topological polar surface area (TPSA) is 46.3 Å². The summed E-state index contributed by atoms with van der Waals surface area (Å²) in [5, 5.41) is 0. The van der Waals surface area contributed by atoms with Crippen LogP contribution in [0.4, 0.5) is 5.69 Å². The van der Waals surface area contributed by atoms with Gasteiger partial charge in [-0.15, -0.1) is 0 Å². The number of anilines is 1. The van der Waals surface area contributed by atoms with Crippen molar-refractivity contribution in [2.75, 3.05) is 18.5 Å². The van der Waals surface area contributed by atoms with Gasteiger partial charge in [0.25, 0.3) is 0 Å². The molecule has 1 amide bonds. The first-order valence-corrected chi connectivity index (χ1v) is 7.25. The molecule has 0 heterocycles. The number of carbonyl (C=O) groups is 1. The third-order valence-electron chi connectivity index (χ3n) is 4.24. The minimum absolute atomic E-state index is 0.194. The molecule has 0 spiro atoms. The van der Waals surface area contributed by atoms with E-state index >= 15 is 0 Å². The second-order valence-corrected chi connectivity index (χ2v) is 5.53. The molecule has 0 atom stereocenters. The largest absolute Gasteiger partial charge is 0.330 e. The fourth-order valence-electron chi connectivity index (χ4n) is 2.99. The zero-order chi connectivity index (χ0) is 13.7. The quantitative estimate of drug-likeness (QED) is 0.905. The predicted octanol–water partition coefficient (Wildman–Crippen LogP) is 2.80. The minimum atomic E-state index is 0.194. The molecule has 1 aromatic rings. The first kappa shape index (κ1) is 14.1. The van der Waals surface area contributed by atoms with Gasteiger partial charge in [0.2, 0.25) is 5.91 Å². The van der Waals surface area contributed by atoms with Gasteiger partial charge in [0.1, 0.15) is 0 Å². The fourth-order valence-corrected chi connectivity index (χ4v) is 2.99. The Balaban J connectivity index is 1.91. The van der Waals surface area contributed by atoms with E-state index in [2.05, 4.69) is 0 Å². The summed E-state index contributed by atoms with van der Waals surface area (Å²) in [4.78, 5) is 14.3. The number of hydrogen-bond acceptors (Lipinski definition) is 2. The van der Waals surface area contributed by atoms with Crippen molar-refractivity contribution in [3.05, 3.63) is 30.3 Å². The van der Waals surface area contributed by atoms with Crippen molar-refractivity contribution in [2.24, 2.45) is 17.6 Å². The van der Waals surface area contributed by atoms with E-state index in [9.17, 15) is 4.79 Å². The Morgan fingerprint density at radius 3 is 2.42 bits per heavy atom. The zero-order valence-electron chi connectivity index (χ0n) is 11.7. The van der Waals surface area contributed by atoms with Crippen molar-refractivity contribution >= 4 is 11.6 Å². The van der Waals surface area contributed by atoms with Crippen molar-refractivity contribution in [2.45, 2.75) is 32.1 Å². The third-order valence-corrected chi connectivity index (χ3v) is 4.24. The third kappa shape index (κ3) is 3.57. The van der Waals surface area contributed by atoms with Gasteiger partial charge in [-0.2, -0.15) is 0 Å².